The number of ether oxygens (including phenoxy) is 2. The van der Waals surface area contributed by atoms with Crippen LogP contribution in [-0.2, 0) is 11.3 Å². The monoisotopic (exact) mass is 559 g/mol. The highest BCUT2D eigenvalue weighted by Gasteiger charge is 2.23. The fraction of sp³-hybridized carbons (Fsp3) is 0.455. The summed E-state index contributed by atoms with van der Waals surface area (Å²) < 4.78 is 10.8. The summed E-state index contributed by atoms with van der Waals surface area (Å²) in [6, 6.07) is 12.2. The van der Waals surface area contributed by atoms with Crippen LogP contribution in [0.2, 0.25) is 5.02 Å². The van der Waals surface area contributed by atoms with E-state index in [9.17, 15) is 0 Å². The van der Waals surface area contributed by atoms with Crippen LogP contribution in [0.1, 0.15) is 18.9 Å². The molecule has 2 heterocycles. The first-order chi connectivity index (χ1) is 14.7. The van der Waals surface area contributed by atoms with Gasteiger partial charge in [-0.1, -0.05) is 23.7 Å². The number of hydrogen-bond donors (Lipinski definition) is 2. The highest BCUT2D eigenvalue weighted by atomic mass is 127. The Morgan fingerprint density at radius 3 is 2.94 bits per heavy atom. The molecule has 0 radical (unpaired) electrons. The Labute approximate surface area is 206 Å². The van der Waals surface area contributed by atoms with Gasteiger partial charge >= 0.3 is 0 Å². The molecule has 2 aromatic rings. The number of aromatic nitrogens is 1. The van der Waals surface area contributed by atoms with Gasteiger partial charge in [0.25, 0.3) is 0 Å². The molecule has 7 nitrogen and oxygen atoms in total. The van der Waals surface area contributed by atoms with Crippen LogP contribution in [0.5, 0.6) is 5.88 Å². The van der Waals surface area contributed by atoms with Gasteiger partial charge in [-0.25, -0.2) is 9.98 Å². The quantitative estimate of drug-likeness (QED) is 0.211. The van der Waals surface area contributed by atoms with E-state index in [4.69, 9.17) is 26.1 Å². The van der Waals surface area contributed by atoms with Crippen LogP contribution in [0.3, 0.4) is 0 Å². The summed E-state index contributed by atoms with van der Waals surface area (Å²) >= 11 is 6.14. The highest BCUT2D eigenvalue weighted by Crippen LogP contribution is 2.23. The molecule has 1 aromatic carbocycles. The summed E-state index contributed by atoms with van der Waals surface area (Å²) in [5.41, 5.74) is 2.10. The Balaban J connectivity index is 0.00000341. The minimum absolute atomic E-state index is 0. The third-order valence-corrected chi connectivity index (χ3v) is 5.07. The van der Waals surface area contributed by atoms with Gasteiger partial charge < -0.3 is 25.0 Å². The summed E-state index contributed by atoms with van der Waals surface area (Å²) in [5, 5.41) is 7.65. The third-order valence-electron chi connectivity index (χ3n) is 4.83. The van der Waals surface area contributed by atoms with Gasteiger partial charge in [-0.15, -0.1) is 24.0 Å². The number of methoxy groups -OCH3 is 1. The van der Waals surface area contributed by atoms with Crippen LogP contribution in [-0.4, -0.2) is 56.9 Å². The van der Waals surface area contributed by atoms with E-state index in [2.05, 4.69) is 33.5 Å². The molecule has 0 bridgehead atoms. The van der Waals surface area contributed by atoms with Gasteiger partial charge in [0.15, 0.2) is 5.96 Å². The van der Waals surface area contributed by atoms with E-state index in [1.54, 1.807) is 13.3 Å². The molecule has 3 rings (SSSR count). The number of nitrogens with one attached hydrogen (secondary N) is 2. The van der Waals surface area contributed by atoms with Crippen molar-refractivity contribution in [3.8, 4) is 5.88 Å². The first-order valence-electron chi connectivity index (χ1n) is 10.3. The number of halogens is 2. The van der Waals surface area contributed by atoms with Gasteiger partial charge in [0.1, 0.15) is 6.61 Å². The first-order valence-corrected chi connectivity index (χ1v) is 10.7. The molecule has 1 unspecified atom stereocenters. The lowest BCUT2D eigenvalue weighted by atomic mass is 10.2. The van der Waals surface area contributed by atoms with Gasteiger partial charge in [-0.2, -0.15) is 0 Å². The van der Waals surface area contributed by atoms with Crippen molar-refractivity contribution in [1.29, 1.82) is 0 Å². The molecule has 1 aliphatic rings. The molecule has 1 aromatic heterocycles. The van der Waals surface area contributed by atoms with Crippen molar-refractivity contribution in [1.82, 2.24) is 15.6 Å². The second kappa shape index (κ2) is 13.6. The molecular formula is C22H31ClIN5O2. The number of aliphatic imine (C=N–C) groups is 1. The Kier molecular flexibility index (Phi) is 11.2. The lowest BCUT2D eigenvalue weighted by Crippen LogP contribution is -2.44. The molecule has 1 fully saturated rings. The van der Waals surface area contributed by atoms with Crippen LogP contribution in [0, 0.1) is 0 Å². The predicted molar refractivity (Wildman–Crippen MR) is 137 cm³/mol. The number of guanidine groups is 1. The van der Waals surface area contributed by atoms with E-state index in [0.29, 0.717) is 31.7 Å². The zero-order chi connectivity index (χ0) is 21.2. The summed E-state index contributed by atoms with van der Waals surface area (Å²) in [5.74, 6) is 1.39. The minimum atomic E-state index is 0. The van der Waals surface area contributed by atoms with Crippen molar-refractivity contribution in [2.24, 2.45) is 4.99 Å². The maximum Gasteiger partial charge on any atom is 0.218 e. The maximum atomic E-state index is 6.14. The molecule has 1 saturated heterocycles. The average molecular weight is 560 g/mol. The molecule has 0 spiro atoms. The fourth-order valence-electron chi connectivity index (χ4n) is 3.36. The van der Waals surface area contributed by atoms with Crippen molar-refractivity contribution < 1.29 is 9.47 Å². The van der Waals surface area contributed by atoms with Crippen molar-refractivity contribution in [3.63, 3.8) is 0 Å². The van der Waals surface area contributed by atoms with Crippen molar-refractivity contribution in [3.05, 3.63) is 53.2 Å². The third kappa shape index (κ3) is 8.01. The van der Waals surface area contributed by atoms with Crippen molar-refractivity contribution in [2.45, 2.75) is 25.9 Å². The molecule has 9 heteroatoms. The molecule has 0 saturated carbocycles. The number of benzene rings is 1. The Morgan fingerprint density at radius 2 is 2.16 bits per heavy atom. The predicted octanol–water partition coefficient (Wildman–Crippen LogP) is 3.71. The topological polar surface area (TPSA) is 71.0 Å². The second-order valence-electron chi connectivity index (χ2n) is 7.06. The average Bonchev–Trinajstić information content (AvgIpc) is 3.22. The van der Waals surface area contributed by atoms with Gasteiger partial charge in [0.05, 0.1) is 13.2 Å². The van der Waals surface area contributed by atoms with Crippen molar-refractivity contribution in [2.75, 3.05) is 44.9 Å². The Hall–Kier alpha value is -1.78. The molecule has 1 aliphatic heterocycles. The van der Waals surface area contributed by atoms with Gasteiger partial charge in [-0.3, -0.25) is 0 Å². The summed E-state index contributed by atoms with van der Waals surface area (Å²) in [6.45, 7) is 6.21. The number of anilines is 1. The van der Waals surface area contributed by atoms with E-state index in [1.165, 1.54) is 0 Å². The number of rotatable bonds is 9. The van der Waals surface area contributed by atoms with Crippen LogP contribution >= 0.6 is 35.6 Å². The van der Waals surface area contributed by atoms with Gasteiger partial charge in [-0.05, 0) is 37.6 Å². The van der Waals surface area contributed by atoms with Crippen LogP contribution in [0.4, 0.5) is 5.69 Å². The zero-order valence-corrected chi connectivity index (χ0v) is 21.1. The van der Waals surface area contributed by atoms with E-state index < -0.39 is 0 Å². The number of nitrogens with zero attached hydrogens (tertiary/aromatic N) is 3. The standard InChI is InChI=1S/C22H30ClN5O2.HI/c1-3-24-22(26-15-17-6-5-10-25-21(17)30-13-12-29-2)27-19-9-11-28(16-19)20-8-4-7-18(23)14-20;/h4-8,10,14,19H,3,9,11-13,15-16H2,1-2H3,(H2,24,26,27);1H. The lowest BCUT2D eigenvalue weighted by molar-refractivity contribution is 0.143. The first kappa shape index (κ1) is 25.5. The summed E-state index contributed by atoms with van der Waals surface area (Å²) in [6.07, 6.45) is 2.76. The van der Waals surface area contributed by atoms with Crippen molar-refractivity contribution >= 4 is 47.2 Å². The highest BCUT2D eigenvalue weighted by molar-refractivity contribution is 14.0. The van der Waals surface area contributed by atoms with Crippen LogP contribution in [0.15, 0.2) is 47.6 Å². The molecular weight excluding hydrogens is 529 g/mol. The van der Waals surface area contributed by atoms with E-state index in [0.717, 1.165) is 48.3 Å². The lowest BCUT2D eigenvalue weighted by Gasteiger charge is -2.20. The van der Waals surface area contributed by atoms with E-state index in [-0.39, 0.29) is 24.0 Å². The Morgan fingerprint density at radius 1 is 1.29 bits per heavy atom. The molecule has 0 aliphatic carbocycles. The second-order valence-corrected chi connectivity index (χ2v) is 7.50. The molecule has 170 valence electrons. The SMILES string of the molecule is CCNC(=NCc1cccnc1OCCOC)NC1CCN(c2cccc(Cl)c2)C1.I. The van der Waals surface area contributed by atoms with E-state index in [1.807, 2.05) is 30.3 Å². The largest absolute Gasteiger partial charge is 0.475 e. The molecule has 2 N–H and O–H groups in total. The normalized spacial score (nSPS) is 16.0. The smallest absolute Gasteiger partial charge is 0.218 e. The zero-order valence-electron chi connectivity index (χ0n) is 18.0. The summed E-state index contributed by atoms with van der Waals surface area (Å²) in [4.78, 5) is 11.4. The summed E-state index contributed by atoms with van der Waals surface area (Å²) in [7, 11) is 1.65. The number of hydrogen-bond acceptors (Lipinski definition) is 5. The number of pyridine rings is 1. The van der Waals surface area contributed by atoms with Crippen LogP contribution < -0.4 is 20.3 Å². The molecule has 1 atom stereocenters. The van der Waals surface area contributed by atoms with Gasteiger partial charge in [0, 0.05) is 55.3 Å². The molecule has 31 heavy (non-hydrogen) atoms. The maximum absolute atomic E-state index is 6.14. The Bertz CT molecular complexity index is 839. The van der Waals surface area contributed by atoms with Gasteiger partial charge in [0.2, 0.25) is 5.88 Å². The minimum Gasteiger partial charge on any atom is -0.475 e. The van der Waals surface area contributed by atoms with E-state index >= 15 is 0 Å². The fourth-order valence-corrected chi connectivity index (χ4v) is 3.54. The van der Waals surface area contributed by atoms with Crippen LogP contribution in [0.25, 0.3) is 0 Å². The molecule has 0 amide bonds.